The number of anilines is 1. The second-order valence-corrected chi connectivity index (χ2v) is 6.18. The molecule has 0 heterocycles. The summed E-state index contributed by atoms with van der Waals surface area (Å²) in [6.45, 7) is 7.82. The summed E-state index contributed by atoms with van der Waals surface area (Å²) < 4.78 is 5.67. The number of carbonyl (C=O) groups is 2. The number of benzene rings is 2. The number of rotatable bonds is 6. The number of carbonyl (C=O) groups excluding carboxylic acids is 2. The first-order valence-corrected chi connectivity index (χ1v) is 8.00. The monoisotopic (exact) mass is 325 g/mol. The predicted octanol–water partition coefficient (Wildman–Crippen LogP) is 4.26. The first-order chi connectivity index (χ1) is 11.4. The average molecular weight is 325 g/mol. The van der Waals surface area contributed by atoms with Gasteiger partial charge in [-0.15, -0.1) is 0 Å². The van der Waals surface area contributed by atoms with E-state index < -0.39 is 0 Å². The third kappa shape index (κ3) is 4.22. The van der Waals surface area contributed by atoms with E-state index in [9.17, 15) is 9.59 Å². The van der Waals surface area contributed by atoms with Gasteiger partial charge < -0.3 is 10.1 Å². The number of ether oxygens (including phenoxy) is 1. The third-order valence-corrected chi connectivity index (χ3v) is 3.82. The molecule has 24 heavy (non-hydrogen) atoms. The van der Waals surface area contributed by atoms with Crippen LogP contribution in [0.2, 0.25) is 0 Å². The van der Waals surface area contributed by atoms with Crippen LogP contribution in [0.25, 0.3) is 0 Å². The molecule has 4 nitrogen and oxygen atoms in total. The van der Waals surface area contributed by atoms with Crippen molar-refractivity contribution < 1.29 is 14.3 Å². The van der Waals surface area contributed by atoms with E-state index in [-0.39, 0.29) is 12.5 Å². The van der Waals surface area contributed by atoms with Crippen molar-refractivity contribution in [3.05, 3.63) is 58.7 Å². The topological polar surface area (TPSA) is 55.4 Å². The fourth-order valence-electron chi connectivity index (χ4n) is 2.72. The molecule has 1 N–H and O–H groups in total. The molecule has 4 heteroatoms. The van der Waals surface area contributed by atoms with E-state index in [0.717, 1.165) is 28.7 Å². The Hall–Kier alpha value is -2.62. The van der Waals surface area contributed by atoms with Gasteiger partial charge in [-0.1, -0.05) is 32.0 Å². The Morgan fingerprint density at radius 2 is 1.79 bits per heavy atom. The summed E-state index contributed by atoms with van der Waals surface area (Å²) in [5, 5.41) is 2.90. The van der Waals surface area contributed by atoms with Gasteiger partial charge in [-0.3, -0.25) is 9.59 Å². The number of para-hydroxylation sites is 1. The zero-order valence-electron chi connectivity index (χ0n) is 14.6. The number of aldehydes is 1. The summed E-state index contributed by atoms with van der Waals surface area (Å²) in [6, 6.07) is 11.3. The summed E-state index contributed by atoms with van der Waals surface area (Å²) in [7, 11) is 0. The molecule has 0 aromatic heterocycles. The van der Waals surface area contributed by atoms with Gasteiger partial charge in [0.15, 0.2) is 6.61 Å². The van der Waals surface area contributed by atoms with E-state index in [1.54, 1.807) is 12.1 Å². The molecule has 0 aliphatic heterocycles. The minimum Gasteiger partial charge on any atom is -0.483 e. The summed E-state index contributed by atoms with van der Waals surface area (Å²) in [5.74, 6) is 0.761. The Kier molecular flexibility index (Phi) is 5.74. The maximum atomic E-state index is 12.2. The van der Waals surface area contributed by atoms with Crippen molar-refractivity contribution in [2.24, 2.45) is 0 Å². The molecule has 0 aliphatic rings. The summed E-state index contributed by atoms with van der Waals surface area (Å²) in [4.78, 5) is 23.1. The Balaban J connectivity index is 2.06. The summed E-state index contributed by atoms with van der Waals surface area (Å²) >= 11 is 0. The van der Waals surface area contributed by atoms with Crippen molar-refractivity contribution in [3.63, 3.8) is 0 Å². The van der Waals surface area contributed by atoms with Gasteiger partial charge in [0.2, 0.25) is 0 Å². The van der Waals surface area contributed by atoms with Crippen LogP contribution in [-0.2, 0) is 4.79 Å². The Morgan fingerprint density at radius 3 is 2.38 bits per heavy atom. The molecule has 2 aromatic rings. The number of amides is 1. The smallest absolute Gasteiger partial charge is 0.262 e. The molecule has 2 aromatic carbocycles. The van der Waals surface area contributed by atoms with Gasteiger partial charge in [-0.25, -0.2) is 0 Å². The van der Waals surface area contributed by atoms with E-state index >= 15 is 0 Å². The molecular weight excluding hydrogens is 302 g/mol. The van der Waals surface area contributed by atoms with Crippen molar-refractivity contribution in [1.82, 2.24) is 0 Å². The molecule has 1 amide bonds. The molecule has 2 rings (SSSR count). The van der Waals surface area contributed by atoms with E-state index in [2.05, 4.69) is 19.2 Å². The molecule has 0 spiro atoms. The highest BCUT2D eigenvalue weighted by Crippen LogP contribution is 2.25. The second-order valence-electron chi connectivity index (χ2n) is 6.18. The Morgan fingerprint density at radius 1 is 1.17 bits per heavy atom. The van der Waals surface area contributed by atoms with Crippen molar-refractivity contribution in [2.45, 2.75) is 33.6 Å². The van der Waals surface area contributed by atoms with Gasteiger partial charge >= 0.3 is 0 Å². The first kappa shape index (κ1) is 17.7. The normalized spacial score (nSPS) is 10.5. The van der Waals surface area contributed by atoms with Crippen LogP contribution in [-0.4, -0.2) is 18.8 Å². The lowest BCUT2D eigenvalue weighted by atomic mass is 10.0. The van der Waals surface area contributed by atoms with Crippen LogP contribution in [0.5, 0.6) is 5.75 Å². The average Bonchev–Trinajstić information content (AvgIpc) is 2.54. The molecule has 0 saturated heterocycles. The van der Waals surface area contributed by atoms with Crippen LogP contribution in [0, 0.1) is 13.8 Å². The van der Waals surface area contributed by atoms with Gasteiger partial charge in [0.05, 0.1) is 0 Å². The van der Waals surface area contributed by atoms with E-state index in [1.165, 1.54) is 0 Å². The van der Waals surface area contributed by atoms with Crippen molar-refractivity contribution in [2.75, 3.05) is 11.9 Å². The number of aryl methyl sites for hydroxylation is 2. The maximum absolute atomic E-state index is 12.2. The predicted molar refractivity (Wildman–Crippen MR) is 96.0 cm³/mol. The number of hydrogen-bond acceptors (Lipinski definition) is 3. The Bertz CT molecular complexity index is 727. The lowest BCUT2D eigenvalue weighted by Gasteiger charge is -2.15. The largest absolute Gasteiger partial charge is 0.483 e. The first-order valence-electron chi connectivity index (χ1n) is 8.00. The third-order valence-electron chi connectivity index (χ3n) is 3.82. The van der Waals surface area contributed by atoms with Crippen LogP contribution >= 0.6 is 0 Å². The fraction of sp³-hybridized carbons (Fsp3) is 0.300. The van der Waals surface area contributed by atoms with E-state index in [0.29, 0.717) is 17.2 Å². The highest BCUT2D eigenvalue weighted by molar-refractivity contribution is 5.92. The van der Waals surface area contributed by atoms with Crippen LogP contribution in [0.1, 0.15) is 46.8 Å². The Labute approximate surface area is 142 Å². The quantitative estimate of drug-likeness (QED) is 0.808. The van der Waals surface area contributed by atoms with Crippen LogP contribution in [0.15, 0.2) is 36.4 Å². The fourth-order valence-corrected chi connectivity index (χ4v) is 2.72. The van der Waals surface area contributed by atoms with E-state index in [4.69, 9.17) is 4.74 Å². The van der Waals surface area contributed by atoms with Crippen molar-refractivity contribution in [1.29, 1.82) is 0 Å². The lowest BCUT2D eigenvalue weighted by molar-refractivity contribution is -0.118. The van der Waals surface area contributed by atoms with Gasteiger partial charge in [0.25, 0.3) is 5.91 Å². The molecule has 0 unspecified atom stereocenters. The van der Waals surface area contributed by atoms with Gasteiger partial charge in [0, 0.05) is 11.3 Å². The number of nitrogens with one attached hydrogen (secondary N) is 1. The molecule has 126 valence electrons. The zero-order valence-corrected chi connectivity index (χ0v) is 14.6. The van der Waals surface area contributed by atoms with Crippen molar-refractivity contribution >= 4 is 17.9 Å². The molecule has 0 saturated carbocycles. The van der Waals surface area contributed by atoms with Gasteiger partial charge in [0.1, 0.15) is 12.0 Å². The minimum atomic E-state index is -0.207. The maximum Gasteiger partial charge on any atom is 0.262 e. The molecule has 0 bridgehead atoms. The van der Waals surface area contributed by atoms with E-state index in [1.807, 2.05) is 38.1 Å². The van der Waals surface area contributed by atoms with Gasteiger partial charge in [-0.2, -0.15) is 0 Å². The lowest BCUT2D eigenvalue weighted by Crippen LogP contribution is -2.21. The van der Waals surface area contributed by atoms with Gasteiger partial charge in [-0.05, 0) is 54.7 Å². The molecule has 0 fully saturated rings. The van der Waals surface area contributed by atoms with Crippen molar-refractivity contribution in [3.8, 4) is 5.75 Å². The minimum absolute atomic E-state index is 0.0749. The highest BCUT2D eigenvalue weighted by Gasteiger charge is 2.12. The van der Waals surface area contributed by atoms with Crippen LogP contribution < -0.4 is 10.1 Å². The zero-order chi connectivity index (χ0) is 17.7. The summed E-state index contributed by atoms with van der Waals surface area (Å²) in [6.07, 6.45) is 0.805. The SMILES string of the molecule is Cc1cc(C=O)cc(C)c1OCC(=O)Nc1ccccc1C(C)C. The standard InChI is InChI=1S/C20H23NO3/c1-13(2)17-7-5-6-8-18(17)21-19(23)12-24-20-14(3)9-16(11-22)10-15(20)4/h5-11,13H,12H2,1-4H3,(H,21,23). The molecular formula is C20H23NO3. The summed E-state index contributed by atoms with van der Waals surface area (Å²) in [5.41, 5.74) is 4.19. The molecule has 0 atom stereocenters. The second kappa shape index (κ2) is 7.77. The molecule has 0 radical (unpaired) electrons. The van der Waals surface area contributed by atoms with Crippen LogP contribution in [0.4, 0.5) is 5.69 Å². The molecule has 0 aliphatic carbocycles. The highest BCUT2D eigenvalue weighted by atomic mass is 16.5. The van der Waals surface area contributed by atoms with Crippen LogP contribution in [0.3, 0.4) is 0 Å². The number of hydrogen-bond donors (Lipinski definition) is 1.